The number of hydrogen-bond acceptors (Lipinski definition) is 4. The number of rotatable bonds is 1. The molecule has 78 valence electrons. The van der Waals surface area contributed by atoms with Crippen molar-refractivity contribution < 1.29 is 19.1 Å². The third kappa shape index (κ3) is 1.52. The summed E-state index contributed by atoms with van der Waals surface area (Å²) in [5, 5.41) is 2.55. The molecule has 0 saturated carbocycles. The van der Waals surface area contributed by atoms with Gasteiger partial charge >= 0.3 is 0 Å². The highest BCUT2D eigenvalue weighted by atomic mass is 16.6. The Balaban J connectivity index is 1.96. The van der Waals surface area contributed by atoms with E-state index in [0.29, 0.717) is 0 Å². The Morgan fingerprint density at radius 3 is 3.13 bits per heavy atom. The first kappa shape index (κ1) is 4.04. The van der Waals surface area contributed by atoms with E-state index in [4.69, 9.17) is 19.1 Å². The van der Waals surface area contributed by atoms with Crippen LogP contribution in [0.25, 0.3) is 0 Å². The van der Waals surface area contributed by atoms with Crippen molar-refractivity contribution in [1.29, 1.82) is 0 Å². The van der Waals surface area contributed by atoms with E-state index in [2.05, 4.69) is 10.3 Å². The molecule has 2 heterocycles. The lowest BCUT2D eigenvalue weighted by Crippen LogP contribution is -2.42. The summed E-state index contributed by atoms with van der Waals surface area (Å²) in [6.45, 7) is -3.45. The Kier molecular flexibility index (Phi) is 0.931. The summed E-state index contributed by atoms with van der Waals surface area (Å²) >= 11 is 0. The van der Waals surface area contributed by atoms with Crippen LogP contribution in [0.1, 0.15) is 9.60 Å². The number of nitrogens with one attached hydrogen (secondary N) is 1. The lowest BCUT2D eigenvalue weighted by Gasteiger charge is -2.26. The zero-order chi connectivity index (χ0) is 16.2. The Morgan fingerprint density at radius 1 is 1.47 bits per heavy atom. The van der Waals surface area contributed by atoms with Crippen LogP contribution in [0.15, 0.2) is 29.2 Å². The van der Waals surface area contributed by atoms with Gasteiger partial charge in [-0.3, -0.25) is 4.99 Å². The predicted octanol–water partition coefficient (Wildman–Crippen LogP) is 0.828. The third-order valence-electron chi connectivity index (χ3n) is 2.03. The summed E-state index contributed by atoms with van der Waals surface area (Å²) in [5.41, 5.74) is 0. The molecule has 0 aromatic heterocycles. The van der Waals surface area contributed by atoms with Crippen molar-refractivity contribution in [3.05, 3.63) is 24.2 Å². The predicted molar refractivity (Wildman–Crippen MR) is 56.7 cm³/mol. The highest BCUT2D eigenvalue weighted by Gasteiger charge is 2.26. The van der Waals surface area contributed by atoms with Gasteiger partial charge in [-0.05, 0) is 12.1 Å². The largest absolute Gasteiger partial charge is 0.485 e. The first-order chi connectivity index (χ1) is 10.2. The molecule has 0 saturated heterocycles. The van der Waals surface area contributed by atoms with Gasteiger partial charge in [0, 0.05) is 6.52 Å². The number of benzene rings is 1. The average Bonchev–Trinajstić information content (AvgIpc) is 2.76. The monoisotopic (exact) mass is 211 g/mol. The number of fused-ring (bicyclic) bond motifs is 1. The minimum atomic E-state index is -2.09. The minimum Gasteiger partial charge on any atom is -0.485 e. The third-order valence-corrected chi connectivity index (χ3v) is 2.03. The summed E-state index contributed by atoms with van der Waals surface area (Å²) in [6.07, 6.45) is -0.864. The number of amidine groups is 1. The van der Waals surface area contributed by atoms with Gasteiger partial charge in [0.2, 0.25) is 0 Å². The van der Waals surface area contributed by atoms with Gasteiger partial charge in [-0.2, -0.15) is 0 Å². The molecule has 2 aliphatic rings. The second kappa shape index (κ2) is 3.46. The molecule has 4 nitrogen and oxygen atoms in total. The van der Waals surface area contributed by atoms with Crippen LogP contribution in [0.4, 0.5) is 0 Å². The standard InChI is InChI=1S/C11H12N2O2/c1-2-4-9-8(3-1)14-7-10(15-9)11-12-5-6-13-11/h1-4,10H,5-7H2,(H,12,13)/i1D,2D,3D,4D,5D,6D2/t5-,10?/m1/s1. The van der Waals surface area contributed by atoms with Crippen LogP contribution in [-0.2, 0) is 0 Å². The van der Waals surface area contributed by atoms with E-state index in [-0.39, 0.29) is 36.0 Å². The molecule has 1 unspecified atom stereocenters. The molecule has 0 fully saturated rings. The molecule has 0 spiro atoms. The van der Waals surface area contributed by atoms with Crippen molar-refractivity contribution in [2.75, 3.05) is 19.6 Å². The second-order valence-electron chi connectivity index (χ2n) is 2.99. The molecule has 2 aliphatic heterocycles. The van der Waals surface area contributed by atoms with E-state index < -0.39 is 31.2 Å². The maximum atomic E-state index is 7.82. The fraction of sp³-hybridized carbons (Fsp3) is 0.364. The molecule has 1 aromatic carbocycles. The number of para-hydroxylation sites is 2. The van der Waals surface area contributed by atoms with Crippen molar-refractivity contribution in [1.82, 2.24) is 5.32 Å². The lowest BCUT2D eigenvalue weighted by molar-refractivity contribution is 0.133. The fourth-order valence-corrected chi connectivity index (χ4v) is 1.35. The van der Waals surface area contributed by atoms with E-state index in [9.17, 15) is 0 Å². The first-order valence-electron chi connectivity index (χ1n) is 7.98. The molecule has 0 amide bonds. The summed E-state index contributed by atoms with van der Waals surface area (Å²) in [6, 6.07) is -1.55. The smallest absolute Gasteiger partial charge is 0.189 e. The molecule has 0 radical (unpaired) electrons. The van der Waals surface area contributed by atoms with E-state index in [1.807, 2.05) is 0 Å². The molecule has 1 N–H and O–H groups in total. The van der Waals surface area contributed by atoms with Gasteiger partial charge in [-0.15, -0.1) is 0 Å². The first-order valence-corrected chi connectivity index (χ1v) is 4.40. The average molecular weight is 211 g/mol. The molecule has 0 bridgehead atoms. The normalized spacial score (nSPS) is 38.1. The summed E-state index contributed by atoms with van der Waals surface area (Å²) in [4.78, 5) is 3.74. The van der Waals surface area contributed by atoms with Gasteiger partial charge in [0.05, 0.1) is 16.1 Å². The second-order valence-corrected chi connectivity index (χ2v) is 2.99. The van der Waals surface area contributed by atoms with Crippen molar-refractivity contribution in [3.8, 4) is 11.5 Å². The van der Waals surface area contributed by atoms with Crippen molar-refractivity contribution >= 4 is 5.84 Å². The number of aliphatic imine (C=N–C) groups is 1. The van der Waals surface area contributed by atoms with Crippen molar-refractivity contribution in [3.63, 3.8) is 0 Å². The molecule has 1 aromatic rings. The minimum absolute atomic E-state index is 0.0775. The van der Waals surface area contributed by atoms with Gasteiger partial charge < -0.3 is 14.8 Å². The van der Waals surface area contributed by atoms with Crippen LogP contribution in [0, 0.1) is 0 Å². The number of ether oxygens (including phenoxy) is 2. The van der Waals surface area contributed by atoms with Crippen LogP contribution in [0.5, 0.6) is 11.5 Å². The van der Waals surface area contributed by atoms with Gasteiger partial charge in [-0.1, -0.05) is 12.1 Å². The highest BCUT2D eigenvalue weighted by Crippen LogP contribution is 2.31. The van der Waals surface area contributed by atoms with Crippen LogP contribution in [0.2, 0.25) is 0 Å². The maximum absolute atomic E-state index is 7.82. The molecule has 0 aliphatic carbocycles. The molecule has 3 rings (SSSR count). The van der Waals surface area contributed by atoms with Gasteiger partial charge in [0.15, 0.2) is 17.6 Å². The van der Waals surface area contributed by atoms with E-state index in [0.717, 1.165) is 0 Å². The maximum Gasteiger partial charge on any atom is 0.189 e. The molecule has 2 atom stereocenters. The van der Waals surface area contributed by atoms with Crippen LogP contribution < -0.4 is 14.8 Å². The topological polar surface area (TPSA) is 42.8 Å². The summed E-state index contributed by atoms with van der Waals surface area (Å²) in [5.74, 6) is -0.130. The molecule has 4 heteroatoms. The lowest BCUT2D eigenvalue weighted by atomic mass is 10.2. The number of hydrogen-bond donors (Lipinski definition) is 1. The van der Waals surface area contributed by atoms with E-state index in [1.165, 1.54) is 0 Å². The Morgan fingerprint density at radius 2 is 2.33 bits per heavy atom. The molecular weight excluding hydrogens is 192 g/mol. The van der Waals surface area contributed by atoms with Crippen LogP contribution in [0.3, 0.4) is 0 Å². The zero-order valence-electron chi connectivity index (χ0n) is 14.6. The zero-order valence-corrected chi connectivity index (χ0v) is 7.63. The summed E-state index contributed by atoms with van der Waals surface area (Å²) in [7, 11) is 0. The van der Waals surface area contributed by atoms with Crippen molar-refractivity contribution in [2.24, 2.45) is 4.99 Å². The van der Waals surface area contributed by atoms with Gasteiger partial charge in [0.25, 0.3) is 0 Å². The number of nitrogens with zero attached hydrogens (tertiary/aromatic N) is 1. The quantitative estimate of drug-likeness (QED) is 0.748. The van der Waals surface area contributed by atoms with Gasteiger partial charge in [0.1, 0.15) is 12.4 Å². The Labute approximate surface area is 97.8 Å². The van der Waals surface area contributed by atoms with Crippen LogP contribution >= 0.6 is 0 Å². The van der Waals surface area contributed by atoms with Crippen molar-refractivity contribution in [2.45, 2.75) is 6.10 Å². The van der Waals surface area contributed by atoms with Crippen LogP contribution in [-0.4, -0.2) is 31.6 Å². The van der Waals surface area contributed by atoms with E-state index >= 15 is 0 Å². The summed E-state index contributed by atoms with van der Waals surface area (Å²) < 4.78 is 64.3. The SMILES string of the molecule is [2H]c1c([2H])c([2H])c2c(c1[2H])OCC(C1=NC([2H])([2H])[C@@H]([2H])N1)O2. The Hall–Kier alpha value is -1.71. The van der Waals surface area contributed by atoms with E-state index in [1.54, 1.807) is 0 Å². The van der Waals surface area contributed by atoms with Gasteiger partial charge in [-0.25, -0.2) is 0 Å². The fourth-order valence-electron chi connectivity index (χ4n) is 1.35. The Bertz CT molecular complexity index is 679. The molecule has 15 heavy (non-hydrogen) atoms. The molecular formula is C11H12N2O2. The highest BCUT2D eigenvalue weighted by molar-refractivity contribution is 5.88.